The minimum absolute atomic E-state index is 0.204. The maximum Gasteiger partial charge on any atom is 0.476 e. The number of rotatable bonds is 9. The lowest BCUT2D eigenvalue weighted by molar-refractivity contribution is 0.263. The number of hydrogen-bond donors (Lipinski definition) is 3. The van der Waals surface area contributed by atoms with Crippen LogP contribution in [0.3, 0.4) is 0 Å². The van der Waals surface area contributed by atoms with Crippen LogP contribution in [-0.2, 0) is 13.4 Å². The van der Waals surface area contributed by atoms with Gasteiger partial charge in [-0.2, -0.15) is 0 Å². The Kier molecular flexibility index (Phi) is 7.73. The van der Waals surface area contributed by atoms with Crippen LogP contribution in [0.2, 0.25) is 0 Å². The van der Waals surface area contributed by atoms with Crippen molar-refractivity contribution >= 4 is 15.4 Å². The molecule has 8 heteroatoms. The Morgan fingerprint density at radius 3 is 1.94 bits per heavy atom. The maximum absolute atomic E-state index is 11.2. The second-order valence-corrected chi connectivity index (χ2v) is 7.06. The Balaban J connectivity index is 3.67. The Bertz CT molecular complexity index is 274. The molecular formula is C8H20O6P2. The van der Waals surface area contributed by atoms with E-state index >= 15 is 0 Å². The smallest absolute Gasteiger partial charge is 0.324 e. The first-order chi connectivity index (χ1) is 7.27. The van der Waals surface area contributed by atoms with Crippen LogP contribution in [-0.4, -0.2) is 20.8 Å². The van der Waals surface area contributed by atoms with E-state index in [0.717, 1.165) is 32.1 Å². The molecule has 0 aromatic rings. The summed E-state index contributed by atoms with van der Waals surface area (Å²) < 4.78 is 25.4. The molecule has 0 aliphatic carbocycles. The zero-order valence-corrected chi connectivity index (χ0v) is 11.2. The molecule has 6 nitrogen and oxygen atoms in total. The van der Waals surface area contributed by atoms with Gasteiger partial charge in [-0.15, -0.1) is 0 Å². The lowest BCUT2D eigenvalue weighted by Crippen LogP contribution is -1.94. The van der Waals surface area contributed by atoms with Gasteiger partial charge in [-0.05, 0) is 6.42 Å². The van der Waals surface area contributed by atoms with E-state index in [4.69, 9.17) is 14.7 Å². The maximum atomic E-state index is 11.2. The number of phosphoric acid groups is 1. The van der Waals surface area contributed by atoms with Crippen molar-refractivity contribution in [3.05, 3.63) is 0 Å². The zero-order chi connectivity index (χ0) is 12.7. The van der Waals surface area contributed by atoms with Crippen molar-refractivity contribution in [2.24, 2.45) is 0 Å². The van der Waals surface area contributed by atoms with Gasteiger partial charge in [0.05, 0.1) is 6.16 Å². The Hall–Kier alpha value is 0.300. The Morgan fingerprint density at radius 2 is 1.44 bits per heavy atom. The van der Waals surface area contributed by atoms with Crippen molar-refractivity contribution in [2.45, 2.75) is 45.4 Å². The van der Waals surface area contributed by atoms with Gasteiger partial charge >= 0.3 is 15.4 Å². The van der Waals surface area contributed by atoms with Crippen LogP contribution in [0, 0.1) is 0 Å². The van der Waals surface area contributed by atoms with E-state index in [9.17, 15) is 9.13 Å². The molecule has 0 saturated heterocycles. The molecule has 3 N–H and O–H groups in total. The zero-order valence-electron chi connectivity index (χ0n) is 9.41. The molecule has 0 radical (unpaired) electrons. The summed E-state index contributed by atoms with van der Waals surface area (Å²) in [6.07, 6.45) is 5.31. The van der Waals surface area contributed by atoms with Crippen LogP contribution in [0.5, 0.6) is 0 Å². The first-order valence-electron chi connectivity index (χ1n) is 5.35. The summed E-state index contributed by atoms with van der Waals surface area (Å²) in [6.45, 7) is 2.09. The van der Waals surface area contributed by atoms with Gasteiger partial charge in [0.15, 0.2) is 0 Å². The summed E-state index contributed by atoms with van der Waals surface area (Å²) in [5, 5.41) is 0. The van der Waals surface area contributed by atoms with Crippen LogP contribution in [0.1, 0.15) is 45.4 Å². The van der Waals surface area contributed by atoms with Crippen LogP contribution in [0.4, 0.5) is 0 Å². The first-order valence-corrected chi connectivity index (χ1v) is 8.65. The molecule has 1 unspecified atom stereocenters. The van der Waals surface area contributed by atoms with Crippen molar-refractivity contribution < 1.29 is 28.1 Å². The fraction of sp³-hybridized carbons (Fsp3) is 1.00. The quantitative estimate of drug-likeness (QED) is 0.441. The second-order valence-electron chi connectivity index (χ2n) is 3.70. The largest absolute Gasteiger partial charge is 0.476 e. The molecule has 0 aromatic carbocycles. The highest BCUT2D eigenvalue weighted by Gasteiger charge is 2.29. The summed E-state index contributed by atoms with van der Waals surface area (Å²) >= 11 is 0. The molecule has 0 spiro atoms. The van der Waals surface area contributed by atoms with E-state index in [1.165, 1.54) is 0 Å². The van der Waals surface area contributed by atoms with Crippen molar-refractivity contribution in [3.63, 3.8) is 0 Å². The average Bonchev–Trinajstić information content (AvgIpc) is 2.06. The monoisotopic (exact) mass is 274 g/mol. The standard InChI is InChI=1S/C8H20O6P2/c1-2-3-4-5-6-7-8-15(9,10)14-16(11,12)13/h2-8H2,1H3,(H,9,10)(H2,11,12,13). The molecule has 0 amide bonds. The molecule has 0 aromatic heterocycles. The fourth-order valence-corrected chi connectivity index (χ4v) is 3.58. The molecular weight excluding hydrogens is 254 g/mol. The summed E-state index contributed by atoms with van der Waals surface area (Å²) in [7, 11) is -9.00. The molecule has 0 fully saturated rings. The molecule has 0 bridgehead atoms. The van der Waals surface area contributed by atoms with E-state index < -0.39 is 15.4 Å². The third-order valence-electron chi connectivity index (χ3n) is 2.03. The SMILES string of the molecule is CCCCCCCCP(=O)(O)OP(=O)(O)O. The van der Waals surface area contributed by atoms with E-state index in [2.05, 4.69) is 11.2 Å². The molecule has 0 rings (SSSR count). The van der Waals surface area contributed by atoms with Crippen LogP contribution >= 0.6 is 15.4 Å². The van der Waals surface area contributed by atoms with Gasteiger partial charge < -0.3 is 14.7 Å². The molecule has 0 heterocycles. The molecule has 0 aliphatic heterocycles. The van der Waals surface area contributed by atoms with Gasteiger partial charge in [0, 0.05) is 0 Å². The fourth-order valence-electron chi connectivity index (χ4n) is 1.30. The third-order valence-corrected chi connectivity index (χ3v) is 4.78. The highest BCUT2D eigenvalue weighted by atomic mass is 31.3. The predicted octanol–water partition coefficient (Wildman–Crippen LogP) is 2.64. The summed E-state index contributed by atoms with van der Waals surface area (Å²) in [5.41, 5.74) is 0. The first kappa shape index (κ1) is 16.3. The van der Waals surface area contributed by atoms with Crippen molar-refractivity contribution in [1.29, 1.82) is 0 Å². The predicted molar refractivity (Wildman–Crippen MR) is 61.2 cm³/mol. The topological polar surface area (TPSA) is 104 Å². The molecule has 98 valence electrons. The molecule has 1 atom stereocenters. The van der Waals surface area contributed by atoms with Crippen LogP contribution < -0.4 is 0 Å². The highest BCUT2D eigenvalue weighted by molar-refractivity contribution is 7.63. The average molecular weight is 274 g/mol. The van der Waals surface area contributed by atoms with Crippen LogP contribution in [0.25, 0.3) is 0 Å². The summed E-state index contributed by atoms with van der Waals surface area (Å²) in [6, 6.07) is 0. The molecule has 0 aliphatic rings. The highest BCUT2D eigenvalue weighted by Crippen LogP contribution is 2.57. The minimum Gasteiger partial charge on any atom is -0.324 e. The summed E-state index contributed by atoms with van der Waals surface area (Å²) in [5.74, 6) is 0. The Labute approximate surface area is 95.8 Å². The van der Waals surface area contributed by atoms with Crippen molar-refractivity contribution in [2.75, 3.05) is 6.16 Å². The molecule has 16 heavy (non-hydrogen) atoms. The Morgan fingerprint density at radius 1 is 0.938 bits per heavy atom. The second kappa shape index (κ2) is 7.59. The lowest BCUT2D eigenvalue weighted by Gasteiger charge is -2.11. The van der Waals surface area contributed by atoms with Gasteiger partial charge in [-0.3, -0.25) is 4.57 Å². The van der Waals surface area contributed by atoms with Crippen LogP contribution in [0.15, 0.2) is 0 Å². The normalized spacial score (nSPS) is 16.0. The van der Waals surface area contributed by atoms with Gasteiger partial charge in [0.1, 0.15) is 0 Å². The van der Waals surface area contributed by atoms with Crippen molar-refractivity contribution in [1.82, 2.24) is 0 Å². The van der Waals surface area contributed by atoms with E-state index in [1.807, 2.05) is 0 Å². The van der Waals surface area contributed by atoms with Gasteiger partial charge in [-0.1, -0.05) is 39.0 Å². The van der Waals surface area contributed by atoms with Gasteiger partial charge in [0.25, 0.3) is 0 Å². The minimum atomic E-state index is -4.87. The van der Waals surface area contributed by atoms with Crippen molar-refractivity contribution in [3.8, 4) is 0 Å². The molecule has 0 saturated carbocycles. The van der Waals surface area contributed by atoms with E-state index in [1.54, 1.807) is 0 Å². The van der Waals surface area contributed by atoms with Gasteiger partial charge in [0.2, 0.25) is 0 Å². The third kappa shape index (κ3) is 10.8. The van der Waals surface area contributed by atoms with Gasteiger partial charge in [-0.25, -0.2) is 8.88 Å². The summed E-state index contributed by atoms with van der Waals surface area (Å²) in [4.78, 5) is 25.9. The number of hydrogen-bond acceptors (Lipinski definition) is 3. The number of unbranched alkanes of at least 4 members (excludes halogenated alkanes) is 5. The van der Waals surface area contributed by atoms with E-state index in [0.29, 0.717) is 6.42 Å². The van der Waals surface area contributed by atoms with E-state index in [-0.39, 0.29) is 6.16 Å². The lowest BCUT2D eigenvalue weighted by atomic mass is 10.1.